The molecule has 0 bridgehead atoms. The van der Waals surface area contributed by atoms with Crippen LogP contribution in [0.1, 0.15) is 10.4 Å². The SMILES string of the molecule is O=C(Nc1nc2cc3c(cc2[nH]1)OC(F)(F)O3)c1cncc(N2CCOCC2)c1. The highest BCUT2D eigenvalue weighted by Gasteiger charge is 2.43. The molecule has 2 aromatic heterocycles. The first kappa shape index (κ1) is 17.6. The van der Waals surface area contributed by atoms with Crippen molar-refractivity contribution in [2.45, 2.75) is 6.29 Å². The molecule has 1 saturated heterocycles. The number of aromatic amines is 1. The number of benzene rings is 1. The molecule has 2 N–H and O–H groups in total. The van der Waals surface area contributed by atoms with Crippen molar-refractivity contribution >= 4 is 28.6 Å². The Kier molecular flexibility index (Phi) is 3.98. The number of hydrogen-bond donors (Lipinski definition) is 2. The van der Waals surface area contributed by atoms with Gasteiger partial charge in [0.15, 0.2) is 11.5 Å². The average Bonchev–Trinajstić information content (AvgIpc) is 3.23. The second kappa shape index (κ2) is 6.55. The van der Waals surface area contributed by atoms with Crippen LogP contribution in [-0.4, -0.2) is 53.5 Å². The van der Waals surface area contributed by atoms with Gasteiger partial charge in [0.25, 0.3) is 5.91 Å². The Labute approximate surface area is 162 Å². The fraction of sp³-hybridized carbons (Fsp3) is 0.278. The van der Waals surface area contributed by atoms with Gasteiger partial charge in [-0.3, -0.25) is 15.1 Å². The van der Waals surface area contributed by atoms with Crippen LogP contribution in [0.5, 0.6) is 11.5 Å². The summed E-state index contributed by atoms with van der Waals surface area (Å²) in [5, 5.41) is 2.65. The van der Waals surface area contributed by atoms with Crippen molar-refractivity contribution in [3.63, 3.8) is 0 Å². The maximum Gasteiger partial charge on any atom is 0.586 e. The average molecular weight is 403 g/mol. The van der Waals surface area contributed by atoms with E-state index in [0.29, 0.717) is 29.8 Å². The van der Waals surface area contributed by atoms with Crippen molar-refractivity contribution in [3.8, 4) is 11.5 Å². The summed E-state index contributed by atoms with van der Waals surface area (Å²) in [4.78, 5) is 25.9. The Morgan fingerprint density at radius 2 is 1.90 bits per heavy atom. The van der Waals surface area contributed by atoms with E-state index in [4.69, 9.17) is 4.74 Å². The number of hydrogen-bond acceptors (Lipinski definition) is 7. The summed E-state index contributed by atoms with van der Waals surface area (Å²) in [6.07, 6.45) is -0.544. The van der Waals surface area contributed by atoms with E-state index >= 15 is 0 Å². The number of amides is 1. The van der Waals surface area contributed by atoms with Gasteiger partial charge in [-0.1, -0.05) is 0 Å². The van der Waals surface area contributed by atoms with E-state index < -0.39 is 12.2 Å². The van der Waals surface area contributed by atoms with Crippen molar-refractivity contribution in [2.75, 3.05) is 36.5 Å². The number of carbonyl (C=O) groups excluding carboxylic acids is 1. The van der Waals surface area contributed by atoms with Crippen LogP contribution in [0.15, 0.2) is 30.6 Å². The Bertz CT molecular complexity index is 1050. The maximum atomic E-state index is 13.2. The molecule has 0 saturated carbocycles. The van der Waals surface area contributed by atoms with E-state index in [1.165, 1.54) is 18.3 Å². The standard InChI is InChI=1S/C18H15F2N5O4/c19-18(20)28-14-6-12-13(7-15(14)29-18)23-17(22-12)24-16(26)10-5-11(9-21-8-10)25-1-3-27-4-2-25/h5-9H,1-4H2,(H2,22,23,24,26). The smallest absolute Gasteiger partial charge is 0.395 e. The lowest BCUT2D eigenvalue weighted by Crippen LogP contribution is -2.36. The Balaban J connectivity index is 1.35. The molecule has 150 valence electrons. The lowest BCUT2D eigenvalue weighted by molar-refractivity contribution is -0.286. The monoisotopic (exact) mass is 403 g/mol. The first-order valence-electron chi connectivity index (χ1n) is 8.86. The van der Waals surface area contributed by atoms with E-state index in [-0.39, 0.29) is 17.4 Å². The first-order valence-corrected chi connectivity index (χ1v) is 8.86. The molecule has 5 rings (SSSR count). The zero-order valence-electron chi connectivity index (χ0n) is 14.9. The Morgan fingerprint density at radius 1 is 1.14 bits per heavy atom. The van der Waals surface area contributed by atoms with Crippen LogP contribution in [0.4, 0.5) is 20.4 Å². The van der Waals surface area contributed by atoms with Gasteiger partial charge in [-0.25, -0.2) is 4.98 Å². The molecule has 0 spiro atoms. The number of nitrogens with one attached hydrogen (secondary N) is 2. The lowest BCUT2D eigenvalue weighted by atomic mass is 10.2. The second-order valence-corrected chi connectivity index (χ2v) is 6.55. The van der Waals surface area contributed by atoms with Crippen LogP contribution in [0.2, 0.25) is 0 Å². The summed E-state index contributed by atoms with van der Waals surface area (Å²) in [6.45, 7) is 2.70. The number of ether oxygens (including phenoxy) is 3. The van der Waals surface area contributed by atoms with Gasteiger partial charge in [0.2, 0.25) is 5.95 Å². The highest BCUT2D eigenvalue weighted by molar-refractivity contribution is 6.04. The Morgan fingerprint density at radius 3 is 2.69 bits per heavy atom. The summed E-state index contributed by atoms with van der Waals surface area (Å²) in [5.74, 6) is -0.462. The van der Waals surface area contributed by atoms with E-state index in [2.05, 4.69) is 34.6 Å². The topological polar surface area (TPSA) is 102 Å². The summed E-state index contributed by atoms with van der Waals surface area (Å²) in [6, 6.07) is 4.40. The molecule has 1 amide bonds. The van der Waals surface area contributed by atoms with Crippen molar-refractivity contribution in [1.82, 2.24) is 15.0 Å². The van der Waals surface area contributed by atoms with Crippen LogP contribution in [0.25, 0.3) is 11.0 Å². The third-order valence-corrected chi connectivity index (χ3v) is 4.60. The fourth-order valence-electron chi connectivity index (χ4n) is 3.24. The van der Waals surface area contributed by atoms with E-state index in [9.17, 15) is 13.6 Å². The highest BCUT2D eigenvalue weighted by atomic mass is 19.3. The second-order valence-electron chi connectivity index (χ2n) is 6.55. The Hall–Kier alpha value is -3.47. The molecule has 0 atom stereocenters. The number of pyridine rings is 1. The van der Waals surface area contributed by atoms with Gasteiger partial charge in [-0.15, -0.1) is 8.78 Å². The van der Waals surface area contributed by atoms with Gasteiger partial charge in [0.1, 0.15) is 0 Å². The van der Waals surface area contributed by atoms with Gasteiger partial charge in [0.05, 0.1) is 41.7 Å². The predicted octanol–water partition coefficient (Wildman–Crippen LogP) is 2.37. The first-order chi connectivity index (χ1) is 14.0. The summed E-state index contributed by atoms with van der Waals surface area (Å²) in [7, 11) is 0. The minimum absolute atomic E-state index is 0.105. The minimum Gasteiger partial charge on any atom is -0.395 e. The van der Waals surface area contributed by atoms with Gasteiger partial charge in [0, 0.05) is 31.4 Å². The van der Waals surface area contributed by atoms with Gasteiger partial charge >= 0.3 is 6.29 Å². The maximum absolute atomic E-state index is 13.2. The number of aromatic nitrogens is 3. The number of anilines is 2. The third kappa shape index (κ3) is 3.40. The molecule has 29 heavy (non-hydrogen) atoms. The quantitative estimate of drug-likeness (QED) is 0.692. The number of carbonyl (C=O) groups is 1. The summed E-state index contributed by atoms with van der Waals surface area (Å²) < 4.78 is 40.5. The molecular weight excluding hydrogens is 388 g/mol. The van der Waals surface area contributed by atoms with E-state index in [1.807, 2.05) is 0 Å². The largest absolute Gasteiger partial charge is 0.586 e. The van der Waals surface area contributed by atoms with E-state index in [0.717, 1.165) is 18.8 Å². The van der Waals surface area contributed by atoms with Gasteiger partial charge < -0.3 is 24.1 Å². The number of alkyl halides is 2. The minimum atomic E-state index is -3.70. The molecule has 11 heteroatoms. The predicted molar refractivity (Wildman–Crippen MR) is 97.5 cm³/mol. The molecule has 2 aliphatic heterocycles. The van der Waals surface area contributed by atoms with E-state index in [1.54, 1.807) is 12.3 Å². The number of rotatable bonds is 3. The molecule has 0 aliphatic carbocycles. The lowest BCUT2D eigenvalue weighted by Gasteiger charge is -2.28. The number of morpholine rings is 1. The van der Waals surface area contributed by atoms with Crippen LogP contribution in [0, 0.1) is 0 Å². The molecule has 1 aromatic carbocycles. The van der Waals surface area contributed by atoms with Crippen molar-refractivity contribution in [1.29, 1.82) is 0 Å². The van der Waals surface area contributed by atoms with Crippen molar-refractivity contribution in [2.24, 2.45) is 0 Å². The van der Waals surface area contributed by atoms with Crippen molar-refractivity contribution < 1.29 is 27.8 Å². The number of nitrogens with zero attached hydrogens (tertiary/aromatic N) is 3. The highest BCUT2D eigenvalue weighted by Crippen LogP contribution is 2.42. The van der Waals surface area contributed by atoms with Gasteiger partial charge in [-0.2, -0.15) is 0 Å². The molecule has 0 unspecified atom stereocenters. The number of fused-ring (bicyclic) bond motifs is 2. The van der Waals surface area contributed by atoms with Gasteiger partial charge in [-0.05, 0) is 6.07 Å². The molecular formula is C18H15F2N5O4. The molecule has 9 nitrogen and oxygen atoms in total. The fourth-order valence-corrected chi connectivity index (χ4v) is 3.24. The number of halogens is 2. The third-order valence-electron chi connectivity index (χ3n) is 4.60. The number of H-pyrrole nitrogens is 1. The molecule has 2 aliphatic rings. The molecule has 0 radical (unpaired) electrons. The molecule has 3 aromatic rings. The number of imidazole rings is 1. The zero-order valence-corrected chi connectivity index (χ0v) is 14.9. The van der Waals surface area contributed by atoms with Crippen LogP contribution >= 0.6 is 0 Å². The summed E-state index contributed by atoms with van der Waals surface area (Å²) >= 11 is 0. The van der Waals surface area contributed by atoms with Crippen LogP contribution in [-0.2, 0) is 4.74 Å². The van der Waals surface area contributed by atoms with Crippen LogP contribution in [0.3, 0.4) is 0 Å². The van der Waals surface area contributed by atoms with Crippen LogP contribution < -0.4 is 19.7 Å². The summed E-state index contributed by atoms with van der Waals surface area (Å²) in [5.41, 5.74) is 1.96. The zero-order chi connectivity index (χ0) is 20.0. The molecule has 1 fully saturated rings. The normalized spacial score (nSPS) is 17.5. The molecule has 4 heterocycles. The van der Waals surface area contributed by atoms with Crippen molar-refractivity contribution in [3.05, 3.63) is 36.2 Å².